The molecule has 0 unspecified atom stereocenters. The van der Waals surface area contributed by atoms with Crippen LogP contribution in [0.1, 0.15) is 18.4 Å². The van der Waals surface area contributed by atoms with Crippen LogP contribution in [-0.4, -0.2) is 25.0 Å². The summed E-state index contributed by atoms with van der Waals surface area (Å²) >= 11 is 0. The highest BCUT2D eigenvalue weighted by molar-refractivity contribution is 5.39. The Morgan fingerprint density at radius 2 is 1.94 bits per heavy atom. The Morgan fingerprint density at radius 3 is 2.39 bits per heavy atom. The first kappa shape index (κ1) is 14.2. The summed E-state index contributed by atoms with van der Waals surface area (Å²) in [5.41, 5.74) is 1.91. The molecular weight excluding hydrogens is 220 g/mol. The molecule has 18 heavy (non-hydrogen) atoms. The fourth-order valence-corrected chi connectivity index (χ4v) is 2.01. The third-order valence-corrected chi connectivity index (χ3v) is 3.22. The minimum Gasteiger partial charge on any atom is -0.306 e. The maximum Gasteiger partial charge on any atom is 0.0954 e. The molecule has 0 radical (unpaired) electrons. The Morgan fingerprint density at radius 1 is 1.33 bits per heavy atom. The van der Waals surface area contributed by atoms with Gasteiger partial charge < -0.3 is 4.90 Å². The first-order valence-corrected chi connectivity index (χ1v) is 6.06. The molecule has 0 bridgehead atoms. The Labute approximate surface area is 110 Å². The van der Waals surface area contributed by atoms with Crippen molar-refractivity contribution in [3.05, 3.63) is 60.2 Å². The molecule has 0 saturated heterocycles. The van der Waals surface area contributed by atoms with Crippen LogP contribution in [0.25, 0.3) is 0 Å². The molecule has 0 aliphatic rings. The zero-order chi connectivity index (χ0) is 13.5. The average Bonchev–Trinajstić information content (AvgIpc) is 2.39. The largest absolute Gasteiger partial charge is 0.306 e. The molecular formula is C16H20N2. The van der Waals surface area contributed by atoms with Gasteiger partial charge in [0.1, 0.15) is 0 Å². The van der Waals surface area contributed by atoms with Crippen molar-refractivity contribution in [2.45, 2.75) is 18.9 Å². The minimum atomic E-state index is 0.0733. The van der Waals surface area contributed by atoms with E-state index in [1.54, 1.807) is 12.2 Å². The van der Waals surface area contributed by atoms with Crippen LogP contribution in [0, 0.1) is 11.3 Å². The molecule has 0 aromatic heterocycles. The Hall–Kier alpha value is -1.85. The summed E-state index contributed by atoms with van der Waals surface area (Å²) < 4.78 is 0. The third kappa shape index (κ3) is 3.32. The molecule has 0 amide bonds. The Balaban J connectivity index is 3.23. The lowest BCUT2D eigenvalue weighted by Gasteiger charge is -2.29. The SMILES string of the molecule is C=C/C=C(\C#N)[C@@H](c1ccccc1)[C@H](C)N(C)C. The van der Waals surface area contributed by atoms with E-state index in [0.717, 1.165) is 11.1 Å². The van der Waals surface area contributed by atoms with Gasteiger partial charge in [-0.2, -0.15) is 5.26 Å². The number of rotatable bonds is 5. The predicted octanol–water partition coefficient (Wildman–Crippen LogP) is 3.36. The fourth-order valence-electron chi connectivity index (χ4n) is 2.01. The van der Waals surface area contributed by atoms with Gasteiger partial charge in [-0.15, -0.1) is 0 Å². The standard InChI is InChI=1S/C16H20N2/c1-5-9-15(12-17)16(13(2)18(3)4)14-10-7-6-8-11-14/h5-11,13,16H,1H2,2-4H3/b15-9+/t13-,16+/m0/s1. The maximum absolute atomic E-state index is 9.33. The zero-order valence-corrected chi connectivity index (χ0v) is 11.3. The summed E-state index contributed by atoms with van der Waals surface area (Å²) in [6, 6.07) is 12.7. The lowest BCUT2D eigenvalue weighted by Crippen LogP contribution is -2.32. The number of benzene rings is 1. The van der Waals surface area contributed by atoms with Crippen LogP contribution in [0.5, 0.6) is 0 Å². The van der Waals surface area contributed by atoms with E-state index < -0.39 is 0 Å². The number of nitrogens with zero attached hydrogens (tertiary/aromatic N) is 2. The van der Waals surface area contributed by atoms with Crippen LogP contribution in [-0.2, 0) is 0 Å². The molecule has 2 nitrogen and oxygen atoms in total. The van der Waals surface area contributed by atoms with Crippen molar-refractivity contribution >= 4 is 0 Å². The third-order valence-electron chi connectivity index (χ3n) is 3.22. The highest BCUT2D eigenvalue weighted by Gasteiger charge is 2.24. The van der Waals surface area contributed by atoms with Crippen LogP contribution >= 0.6 is 0 Å². The predicted molar refractivity (Wildman–Crippen MR) is 76.2 cm³/mol. The van der Waals surface area contributed by atoms with Crippen molar-refractivity contribution < 1.29 is 0 Å². The molecule has 1 aromatic carbocycles. The fraction of sp³-hybridized carbons (Fsp3) is 0.312. The highest BCUT2D eigenvalue weighted by atomic mass is 15.1. The molecule has 0 fully saturated rings. The summed E-state index contributed by atoms with van der Waals surface area (Å²) in [7, 11) is 4.06. The van der Waals surface area contributed by atoms with Gasteiger partial charge in [-0.3, -0.25) is 0 Å². The molecule has 0 aliphatic carbocycles. The van der Waals surface area contributed by atoms with E-state index in [0.29, 0.717) is 0 Å². The smallest absolute Gasteiger partial charge is 0.0954 e. The van der Waals surface area contributed by atoms with Gasteiger partial charge in [0.15, 0.2) is 0 Å². The summed E-state index contributed by atoms with van der Waals surface area (Å²) in [6.45, 7) is 5.82. The number of nitriles is 1. The van der Waals surface area contributed by atoms with Crippen LogP contribution < -0.4 is 0 Å². The van der Waals surface area contributed by atoms with Gasteiger partial charge in [-0.1, -0.05) is 43.0 Å². The van der Waals surface area contributed by atoms with Gasteiger partial charge in [-0.05, 0) is 32.7 Å². The molecule has 0 aliphatic heterocycles. The first-order valence-electron chi connectivity index (χ1n) is 6.06. The van der Waals surface area contributed by atoms with E-state index in [9.17, 15) is 5.26 Å². The van der Waals surface area contributed by atoms with Crippen LogP contribution in [0.15, 0.2) is 54.6 Å². The summed E-state index contributed by atoms with van der Waals surface area (Å²) in [4.78, 5) is 2.13. The molecule has 94 valence electrons. The number of hydrogen-bond donors (Lipinski definition) is 0. The first-order chi connectivity index (χ1) is 8.61. The summed E-state index contributed by atoms with van der Waals surface area (Å²) in [6.07, 6.45) is 3.48. The van der Waals surface area contributed by atoms with Gasteiger partial charge in [-0.25, -0.2) is 0 Å². The lowest BCUT2D eigenvalue weighted by atomic mass is 9.85. The van der Waals surface area contributed by atoms with Crippen molar-refractivity contribution in [1.29, 1.82) is 5.26 Å². The Kier molecular flexibility index (Phi) is 5.35. The maximum atomic E-state index is 9.33. The molecule has 0 spiro atoms. The highest BCUT2D eigenvalue weighted by Crippen LogP contribution is 2.29. The number of hydrogen-bond acceptors (Lipinski definition) is 2. The molecule has 2 atom stereocenters. The molecule has 1 aromatic rings. The topological polar surface area (TPSA) is 27.0 Å². The van der Waals surface area contributed by atoms with E-state index in [1.807, 2.05) is 32.3 Å². The second-order valence-corrected chi connectivity index (χ2v) is 4.56. The summed E-state index contributed by atoms with van der Waals surface area (Å²) in [5.74, 6) is 0.0733. The van der Waals surface area contributed by atoms with Gasteiger partial charge in [0.2, 0.25) is 0 Å². The van der Waals surface area contributed by atoms with E-state index in [1.165, 1.54) is 0 Å². The molecule has 2 heteroatoms. The van der Waals surface area contributed by atoms with Crippen molar-refractivity contribution in [2.24, 2.45) is 0 Å². The van der Waals surface area contributed by atoms with Gasteiger partial charge in [0.25, 0.3) is 0 Å². The zero-order valence-electron chi connectivity index (χ0n) is 11.3. The van der Waals surface area contributed by atoms with E-state index >= 15 is 0 Å². The van der Waals surface area contributed by atoms with Crippen molar-refractivity contribution in [3.63, 3.8) is 0 Å². The van der Waals surface area contributed by atoms with Gasteiger partial charge in [0, 0.05) is 17.5 Å². The normalized spacial score (nSPS) is 14.9. The summed E-state index contributed by atoms with van der Waals surface area (Å²) in [5, 5.41) is 9.33. The molecule has 1 rings (SSSR count). The Bertz CT molecular complexity index is 452. The minimum absolute atomic E-state index is 0.0733. The second-order valence-electron chi connectivity index (χ2n) is 4.56. The van der Waals surface area contributed by atoms with Crippen LogP contribution in [0.3, 0.4) is 0 Å². The van der Waals surface area contributed by atoms with Crippen molar-refractivity contribution in [1.82, 2.24) is 4.90 Å². The van der Waals surface area contributed by atoms with Crippen molar-refractivity contribution in [3.8, 4) is 6.07 Å². The van der Waals surface area contributed by atoms with Crippen LogP contribution in [0.2, 0.25) is 0 Å². The van der Waals surface area contributed by atoms with Crippen LogP contribution in [0.4, 0.5) is 0 Å². The lowest BCUT2D eigenvalue weighted by molar-refractivity contribution is 0.289. The van der Waals surface area contributed by atoms with Crippen molar-refractivity contribution in [2.75, 3.05) is 14.1 Å². The molecule has 0 saturated carbocycles. The monoisotopic (exact) mass is 240 g/mol. The number of allylic oxidation sites excluding steroid dienone is 2. The molecule has 0 N–H and O–H groups in total. The second kappa shape index (κ2) is 6.78. The van der Waals surface area contributed by atoms with Gasteiger partial charge >= 0.3 is 0 Å². The van der Waals surface area contributed by atoms with E-state index in [2.05, 4.69) is 36.6 Å². The number of likely N-dealkylation sites (N-methyl/N-ethyl adjacent to an activating group) is 1. The molecule has 0 heterocycles. The van der Waals surface area contributed by atoms with E-state index in [-0.39, 0.29) is 12.0 Å². The quantitative estimate of drug-likeness (QED) is 0.583. The van der Waals surface area contributed by atoms with E-state index in [4.69, 9.17) is 0 Å². The average molecular weight is 240 g/mol. The van der Waals surface area contributed by atoms with Gasteiger partial charge in [0.05, 0.1) is 6.07 Å².